The van der Waals surface area contributed by atoms with Crippen LogP contribution < -0.4 is 10.6 Å². The zero-order valence-corrected chi connectivity index (χ0v) is 14.3. The first-order valence-electron chi connectivity index (χ1n) is 7.70. The molecule has 3 N–H and O–H groups in total. The van der Waals surface area contributed by atoms with Gasteiger partial charge in [-0.05, 0) is 44.0 Å². The van der Waals surface area contributed by atoms with Crippen LogP contribution in [0, 0.1) is 6.92 Å². The summed E-state index contributed by atoms with van der Waals surface area (Å²) in [4.78, 5) is 12.6. The van der Waals surface area contributed by atoms with Crippen LogP contribution in [0.15, 0.2) is 24.3 Å². The van der Waals surface area contributed by atoms with Gasteiger partial charge in [-0.15, -0.1) is 0 Å². The molecule has 1 aliphatic rings. The van der Waals surface area contributed by atoms with Gasteiger partial charge in [0.25, 0.3) is 0 Å². The average molecular weight is 340 g/mol. The summed E-state index contributed by atoms with van der Waals surface area (Å²) in [5.41, 5.74) is 1.65. The van der Waals surface area contributed by atoms with Gasteiger partial charge in [-0.2, -0.15) is 0 Å². The fourth-order valence-corrected chi connectivity index (χ4v) is 4.37. The molecule has 0 aliphatic carbocycles. The first-order valence-corrected chi connectivity index (χ1v) is 9.59. The first kappa shape index (κ1) is 17.9. The minimum atomic E-state index is -3.54. The number of amides is 1. The third-order valence-corrected chi connectivity index (χ3v) is 6.55. The van der Waals surface area contributed by atoms with Gasteiger partial charge in [0.15, 0.2) is 14.6 Å². The monoisotopic (exact) mass is 340 g/mol. The van der Waals surface area contributed by atoms with Crippen LogP contribution in [0.25, 0.3) is 0 Å². The molecule has 1 aromatic rings. The van der Waals surface area contributed by atoms with Gasteiger partial charge in [0.05, 0.1) is 6.10 Å². The van der Waals surface area contributed by atoms with Gasteiger partial charge in [0.2, 0.25) is 5.91 Å². The Morgan fingerprint density at radius 2 is 1.96 bits per heavy atom. The molecule has 6 nitrogen and oxygen atoms in total. The Balaban J connectivity index is 2.10. The Morgan fingerprint density at radius 1 is 1.35 bits per heavy atom. The largest absolute Gasteiger partial charge is 0.387 e. The predicted octanol–water partition coefficient (Wildman–Crippen LogP) is 0.311. The van der Waals surface area contributed by atoms with Crippen LogP contribution in [0.5, 0.6) is 0 Å². The van der Waals surface area contributed by atoms with E-state index in [4.69, 9.17) is 0 Å². The predicted molar refractivity (Wildman–Crippen MR) is 88.8 cm³/mol. The molecule has 1 aliphatic heterocycles. The lowest BCUT2D eigenvalue weighted by molar-refractivity contribution is -0.124. The summed E-state index contributed by atoms with van der Waals surface area (Å²) in [6.45, 7) is 2.85. The number of carbonyl (C=O) groups is 1. The second-order valence-electron chi connectivity index (χ2n) is 6.10. The van der Waals surface area contributed by atoms with E-state index < -0.39 is 26.6 Å². The smallest absolute Gasteiger partial charge is 0.241 e. The minimum Gasteiger partial charge on any atom is -0.387 e. The maximum absolute atomic E-state index is 12.6. The summed E-state index contributed by atoms with van der Waals surface area (Å²) in [5, 5.41) is 16.0. The Morgan fingerprint density at radius 3 is 2.52 bits per heavy atom. The van der Waals surface area contributed by atoms with E-state index in [0.29, 0.717) is 13.1 Å². The van der Waals surface area contributed by atoms with E-state index in [0.717, 1.165) is 17.4 Å². The second kappa shape index (κ2) is 6.98. The van der Waals surface area contributed by atoms with E-state index >= 15 is 0 Å². The van der Waals surface area contributed by atoms with E-state index in [2.05, 4.69) is 10.6 Å². The molecule has 1 saturated heterocycles. The molecule has 2 rings (SSSR count). The molecule has 0 radical (unpaired) electrons. The van der Waals surface area contributed by atoms with Crippen LogP contribution in [0.3, 0.4) is 0 Å². The van der Waals surface area contributed by atoms with Crippen molar-refractivity contribution in [3.05, 3.63) is 35.4 Å². The highest BCUT2D eigenvalue weighted by atomic mass is 32.2. The molecule has 0 spiro atoms. The minimum absolute atomic E-state index is 0.00557. The number of aliphatic hydroxyl groups is 1. The highest BCUT2D eigenvalue weighted by Crippen LogP contribution is 2.28. The maximum Gasteiger partial charge on any atom is 0.241 e. The zero-order chi connectivity index (χ0) is 17.1. The van der Waals surface area contributed by atoms with Crippen molar-refractivity contribution in [1.29, 1.82) is 0 Å². The summed E-state index contributed by atoms with van der Waals surface area (Å²) < 4.78 is 22.9. The summed E-state index contributed by atoms with van der Waals surface area (Å²) in [5.74, 6) is -0.519. The normalized spacial score (nSPS) is 19.1. The number of piperidine rings is 1. The summed E-state index contributed by atoms with van der Waals surface area (Å²) >= 11 is 0. The van der Waals surface area contributed by atoms with Gasteiger partial charge in [-0.25, -0.2) is 8.42 Å². The van der Waals surface area contributed by atoms with E-state index in [1.165, 1.54) is 0 Å². The molecular weight excluding hydrogens is 316 g/mol. The number of hydrogen-bond donors (Lipinski definition) is 3. The Labute approximate surface area is 137 Å². The van der Waals surface area contributed by atoms with Crippen molar-refractivity contribution in [3.8, 4) is 0 Å². The van der Waals surface area contributed by atoms with Crippen molar-refractivity contribution in [3.63, 3.8) is 0 Å². The maximum atomic E-state index is 12.6. The van der Waals surface area contributed by atoms with Crippen molar-refractivity contribution in [2.75, 3.05) is 25.9 Å². The molecule has 0 bridgehead atoms. The number of aryl methyl sites for hydroxylation is 1. The van der Waals surface area contributed by atoms with E-state index in [1.807, 2.05) is 25.1 Å². The molecule has 23 heavy (non-hydrogen) atoms. The van der Waals surface area contributed by atoms with Crippen molar-refractivity contribution >= 4 is 15.7 Å². The van der Waals surface area contributed by atoms with Gasteiger partial charge in [0, 0.05) is 12.8 Å². The number of nitrogens with one attached hydrogen (secondary N) is 2. The van der Waals surface area contributed by atoms with Crippen molar-refractivity contribution < 1.29 is 18.3 Å². The third kappa shape index (κ3) is 3.73. The topological polar surface area (TPSA) is 95.5 Å². The summed E-state index contributed by atoms with van der Waals surface area (Å²) in [6.07, 6.45) is 0.741. The van der Waals surface area contributed by atoms with Crippen molar-refractivity contribution in [1.82, 2.24) is 10.6 Å². The number of benzene rings is 1. The van der Waals surface area contributed by atoms with Crippen molar-refractivity contribution in [2.24, 2.45) is 0 Å². The van der Waals surface area contributed by atoms with Crippen LogP contribution in [-0.4, -0.2) is 50.1 Å². The molecule has 0 aromatic heterocycles. The Bertz CT molecular complexity index is 666. The number of aliphatic hydroxyl groups excluding tert-OH is 1. The van der Waals surface area contributed by atoms with Crippen LogP contribution >= 0.6 is 0 Å². The molecule has 1 atom stereocenters. The number of rotatable bonds is 5. The lowest BCUT2D eigenvalue weighted by Gasteiger charge is -2.34. The first-order chi connectivity index (χ1) is 10.8. The fraction of sp³-hybridized carbons (Fsp3) is 0.562. The van der Waals surface area contributed by atoms with Gasteiger partial charge < -0.3 is 15.7 Å². The van der Waals surface area contributed by atoms with E-state index in [-0.39, 0.29) is 19.4 Å². The van der Waals surface area contributed by atoms with Gasteiger partial charge in [0.1, 0.15) is 0 Å². The molecule has 1 fully saturated rings. The molecule has 1 unspecified atom stereocenters. The highest BCUT2D eigenvalue weighted by molar-refractivity contribution is 7.92. The van der Waals surface area contributed by atoms with E-state index in [1.54, 1.807) is 6.07 Å². The van der Waals surface area contributed by atoms with Crippen LogP contribution in [0.4, 0.5) is 0 Å². The number of sulfone groups is 1. The number of hydrogen-bond acceptors (Lipinski definition) is 5. The molecule has 1 heterocycles. The van der Waals surface area contributed by atoms with Crippen LogP contribution in [-0.2, 0) is 14.6 Å². The molecule has 1 aromatic carbocycles. The van der Waals surface area contributed by atoms with Crippen molar-refractivity contribution in [2.45, 2.75) is 30.6 Å². The SMILES string of the molecule is Cc1ccccc1C(O)CNC(=O)C1(S(C)(=O)=O)CCNCC1. The van der Waals surface area contributed by atoms with Gasteiger partial charge in [-0.3, -0.25) is 4.79 Å². The van der Waals surface area contributed by atoms with Gasteiger partial charge in [-0.1, -0.05) is 24.3 Å². The summed E-state index contributed by atoms with van der Waals surface area (Å²) in [6, 6.07) is 7.37. The average Bonchev–Trinajstić information content (AvgIpc) is 2.52. The zero-order valence-electron chi connectivity index (χ0n) is 13.5. The Kier molecular flexibility index (Phi) is 5.44. The molecule has 0 saturated carbocycles. The number of carbonyl (C=O) groups excluding carboxylic acids is 1. The summed E-state index contributed by atoms with van der Waals surface area (Å²) in [7, 11) is -3.54. The molecule has 1 amide bonds. The second-order valence-corrected chi connectivity index (χ2v) is 8.42. The highest BCUT2D eigenvalue weighted by Gasteiger charge is 2.48. The van der Waals surface area contributed by atoms with Crippen LogP contribution in [0.2, 0.25) is 0 Å². The molecule has 128 valence electrons. The standard InChI is InChI=1S/C16H24N2O4S/c1-12-5-3-4-6-13(12)14(19)11-18-15(20)16(23(2,21)22)7-9-17-10-8-16/h3-6,14,17,19H,7-11H2,1-2H3,(H,18,20). The molecule has 7 heteroatoms. The third-order valence-electron chi connectivity index (χ3n) is 4.54. The lowest BCUT2D eigenvalue weighted by Crippen LogP contribution is -2.57. The fourth-order valence-electron chi connectivity index (χ4n) is 3.02. The quantitative estimate of drug-likeness (QED) is 0.717. The van der Waals surface area contributed by atoms with E-state index in [9.17, 15) is 18.3 Å². The van der Waals surface area contributed by atoms with Gasteiger partial charge >= 0.3 is 0 Å². The Hall–Kier alpha value is -1.44. The van der Waals surface area contributed by atoms with Crippen LogP contribution in [0.1, 0.15) is 30.1 Å². The lowest BCUT2D eigenvalue weighted by atomic mass is 9.95. The molecular formula is C16H24N2O4S.